The summed E-state index contributed by atoms with van der Waals surface area (Å²) >= 11 is 0. The Morgan fingerprint density at radius 3 is 2.48 bits per heavy atom. The summed E-state index contributed by atoms with van der Waals surface area (Å²) in [5, 5.41) is 9.54. The number of pyridine rings is 1. The number of piperidine rings is 1. The molecule has 2 saturated heterocycles. The highest BCUT2D eigenvalue weighted by Crippen LogP contribution is 2.23. The van der Waals surface area contributed by atoms with Crippen molar-refractivity contribution < 1.29 is 13.5 Å². The highest BCUT2D eigenvalue weighted by Gasteiger charge is 2.27. The molecule has 0 unspecified atom stereocenters. The topological polar surface area (TPSA) is 73.7 Å². The second-order valence-corrected chi connectivity index (χ2v) is 7.64. The van der Waals surface area contributed by atoms with Gasteiger partial charge in [0.25, 0.3) is 0 Å². The first-order valence-electron chi connectivity index (χ1n) is 7.46. The fourth-order valence-corrected chi connectivity index (χ4v) is 4.38. The summed E-state index contributed by atoms with van der Waals surface area (Å²) in [6, 6.07) is 3.35. The van der Waals surface area contributed by atoms with E-state index in [1.807, 2.05) is 4.90 Å². The zero-order valence-corrected chi connectivity index (χ0v) is 12.8. The van der Waals surface area contributed by atoms with E-state index in [2.05, 4.69) is 4.98 Å². The maximum absolute atomic E-state index is 12.5. The number of β-amino-alcohol motifs (C(OH)–C–C–N with tert-alkyl or cyclic N) is 1. The summed E-state index contributed by atoms with van der Waals surface area (Å²) in [6.07, 6.45) is 4.80. The van der Waals surface area contributed by atoms with E-state index in [0.717, 1.165) is 38.0 Å². The minimum atomic E-state index is -3.41. The molecule has 0 radical (unpaired) electrons. The van der Waals surface area contributed by atoms with E-state index in [0.29, 0.717) is 19.6 Å². The molecule has 2 fully saturated rings. The van der Waals surface area contributed by atoms with Gasteiger partial charge >= 0.3 is 0 Å². The Labute approximate surface area is 125 Å². The summed E-state index contributed by atoms with van der Waals surface area (Å²) in [5.41, 5.74) is 0. The number of rotatable bonds is 3. The molecule has 2 aliphatic rings. The average molecular weight is 311 g/mol. The van der Waals surface area contributed by atoms with Crippen LogP contribution in [0.15, 0.2) is 23.2 Å². The zero-order chi connectivity index (χ0) is 14.9. The highest BCUT2D eigenvalue weighted by atomic mass is 32.2. The van der Waals surface area contributed by atoms with Gasteiger partial charge in [0.2, 0.25) is 10.0 Å². The largest absolute Gasteiger partial charge is 0.391 e. The van der Waals surface area contributed by atoms with Crippen molar-refractivity contribution in [3.63, 3.8) is 0 Å². The monoisotopic (exact) mass is 311 g/mol. The molecule has 1 aromatic heterocycles. The molecule has 21 heavy (non-hydrogen) atoms. The lowest BCUT2D eigenvalue weighted by Crippen LogP contribution is -2.35. The molecule has 7 heteroatoms. The maximum Gasteiger partial charge on any atom is 0.244 e. The standard InChI is InChI=1S/C14H21N3O3S/c18-12-6-9-16(11-12)14-5-4-13(10-15-14)21(19,20)17-7-2-1-3-8-17/h4-5,10,12,18H,1-3,6-9,11H2/t12-/m1/s1. The predicted octanol–water partition coefficient (Wildman–Crippen LogP) is 0.827. The molecule has 116 valence electrons. The molecular formula is C14H21N3O3S. The van der Waals surface area contributed by atoms with E-state index in [1.54, 1.807) is 16.4 Å². The Kier molecular flexibility index (Phi) is 4.14. The van der Waals surface area contributed by atoms with Crippen LogP contribution in [0.2, 0.25) is 0 Å². The van der Waals surface area contributed by atoms with E-state index in [9.17, 15) is 13.5 Å². The van der Waals surface area contributed by atoms with Crippen molar-refractivity contribution in [2.24, 2.45) is 0 Å². The Hall–Kier alpha value is -1.18. The number of anilines is 1. The van der Waals surface area contributed by atoms with Gasteiger partial charge in [0.05, 0.1) is 6.10 Å². The van der Waals surface area contributed by atoms with Crippen LogP contribution in [-0.4, -0.2) is 55.1 Å². The van der Waals surface area contributed by atoms with Crippen LogP contribution in [-0.2, 0) is 10.0 Å². The van der Waals surface area contributed by atoms with E-state index >= 15 is 0 Å². The molecule has 2 aliphatic heterocycles. The van der Waals surface area contributed by atoms with E-state index in [-0.39, 0.29) is 11.0 Å². The van der Waals surface area contributed by atoms with Crippen molar-refractivity contribution in [1.82, 2.24) is 9.29 Å². The minimum Gasteiger partial charge on any atom is -0.391 e. The maximum atomic E-state index is 12.5. The first-order valence-corrected chi connectivity index (χ1v) is 8.90. The fraction of sp³-hybridized carbons (Fsp3) is 0.643. The number of hydrogen-bond donors (Lipinski definition) is 1. The second-order valence-electron chi connectivity index (χ2n) is 5.71. The number of aromatic nitrogens is 1. The normalized spacial score (nSPS) is 24.4. The Morgan fingerprint density at radius 2 is 1.90 bits per heavy atom. The lowest BCUT2D eigenvalue weighted by Gasteiger charge is -2.26. The molecule has 0 aromatic carbocycles. The molecule has 0 saturated carbocycles. The smallest absolute Gasteiger partial charge is 0.244 e. The van der Waals surface area contributed by atoms with Gasteiger partial charge < -0.3 is 10.0 Å². The SMILES string of the molecule is O=S(=O)(c1ccc(N2CC[C@@H](O)C2)nc1)N1CCCCC1. The number of nitrogens with zero attached hydrogens (tertiary/aromatic N) is 3. The molecular weight excluding hydrogens is 290 g/mol. The molecule has 6 nitrogen and oxygen atoms in total. The van der Waals surface area contributed by atoms with Crippen molar-refractivity contribution >= 4 is 15.8 Å². The molecule has 0 bridgehead atoms. The van der Waals surface area contributed by atoms with Gasteiger partial charge in [-0.3, -0.25) is 0 Å². The molecule has 3 heterocycles. The van der Waals surface area contributed by atoms with Crippen molar-refractivity contribution in [2.75, 3.05) is 31.1 Å². The van der Waals surface area contributed by atoms with Crippen molar-refractivity contribution in [1.29, 1.82) is 0 Å². The van der Waals surface area contributed by atoms with Crippen LogP contribution in [0.5, 0.6) is 0 Å². The lowest BCUT2D eigenvalue weighted by atomic mass is 10.2. The van der Waals surface area contributed by atoms with Gasteiger partial charge in [-0.1, -0.05) is 6.42 Å². The van der Waals surface area contributed by atoms with Gasteiger partial charge in [-0.25, -0.2) is 13.4 Å². The molecule has 0 aliphatic carbocycles. The second kappa shape index (κ2) is 5.90. The summed E-state index contributed by atoms with van der Waals surface area (Å²) < 4.78 is 26.6. The Balaban J connectivity index is 1.77. The van der Waals surface area contributed by atoms with E-state index in [4.69, 9.17) is 0 Å². The van der Waals surface area contributed by atoms with Gasteiger partial charge in [0, 0.05) is 32.4 Å². The summed E-state index contributed by atoms with van der Waals surface area (Å²) in [5.74, 6) is 0.726. The van der Waals surface area contributed by atoms with Crippen molar-refractivity contribution in [2.45, 2.75) is 36.7 Å². The van der Waals surface area contributed by atoms with Crippen LogP contribution in [0.4, 0.5) is 5.82 Å². The first-order chi connectivity index (χ1) is 10.1. The number of aliphatic hydroxyl groups is 1. The Morgan fingerprint density at radius 1 is 1.14 bits per heavy atom. The first kappa shape index (κ1) is 14.7. The molecule has 3 rings (SSSR count). The van der Waals surface area contributed by atoms with Crippen molar-refractivity contribution in [3.8, 4) is 0 Å². The summed E-state index contributed by atoms with van der Waals surface area (Å²) in [7, 11) is -3.41. The number of sulfonamides is 1. The van der Waals surface area contributed by atoms with Crippen LogP contribution in [0, 0.1) is 0 Å². The highest BCUT2D eigenvalue weighted by molar-refractivity contribution is 7.89. The molecule has 1 N–H and O–H groups in total. The molecule has 0 amide bonds. The van der Waals surface area contributed by atoms with Crippen LogP contribution < -0.4 is 4.90 Å². The lowest BCUT2D eigenvalue weighted by molar-refractivity contribution is 0.198. The zero-order valence-electron chi connectivity index (χ0n) is 12.0. The third-order valence-electron chi connectivity index (χ3n) is 4.16. The fourth-order valence-electron chi connectivity index (χ4n) is 2.92. The Bertz CT molecular complexity index is 582. The van der Waals surface area contributed by atoms with E-state index < -0.39 is 10.0 Å². The van der Waals surface area contributed by atoms with Gasteiger partial charge in [0.1, 0.15) is 10.7 Å². The van der Waals surface area contributed by atoms with E-state index in [1.165, 1.54) is 6.20 Å². The molecule has 1 aromatic rings. The van der Waals surface area contributed by atoms with Crippen LogP contribution in [0.25, 0.3) is 0 Å². The average Bonchev–Trinajstić information content (AvgIpc) is 2.95. The van der Waals surface area contributed by atoms with Gasteiger partial charge in [-0.2, -0.15) is 4.31 Å². The number of aliphatic hydroxyl groups excluding tert-OH is 1. The van der Waals surface area contributed by atoms with Crippen LogP contribution in [0.3, 0.4) is 0 Å². The van der Waals surface area contributed by atoms with Gasteiger partial charge in [0.15, 0.2) is 0 Å². The van der Waals surface area contributed by atoms with Crippen LogP contribution >= 0.6 is 0 Å². The summed E-state index contributed by atoms with van der Waals surface area (Å²) in [4.78, 5) is 6.50. The van der Waals surface area contributed by atoms with Gasteiger partial charge in [-0.15, -0.1) is 0 Å². The predicted molar refractivity (Wildman–Crippen MR) is 79.7 cm³/mol. The quantitative estimate of drug-likeness (QED) is 0.895. The van der Waals surface area contributed by atoms with Crippen LogP contribution in [0.1, 0.15) is 25.7 Å². The summed E-state index contributed by atoms with van der Waals surface area (Å²) in [6.45, 7) is 2.52. The third-order valence-corrected chi connectivity index (χ3v) is 6.04. The van der Waals surface area contributed by atoms with Gasteiger partial charge in [-0.05, 0) is 31.4 Å². The number of hydrogen-bond acceptors (Lipinski definition) is 5. The minimum absolute atomic E-state index is 0.257. The van der Waals surface area contributed by atoms with Crippen molar-refractivity contribution in [3.05, 3.63) is 18.3 Å². The molecule has 0 spiro atoms. The molecule has 1 atom stereocenters. The third kappa shape index (κ3) is 3.04.